The van der Waals surface area contributed by atoms with Crippen LogP contribution in [0, 0.1) is 0 Å². The number of rotatable bonds is 72. The molecule has 3 fully saturated rings. The summed E-state index contributed by atoms with van der Waals surface area (Å²) < 4.78 is 103. The molecule has 15 atom stereocenters. The van der Waals surface area contributed by atoms with Crippen molar-refractivity contribution in [3.8, 4) is 0 Å². The lowest BCUT2D eigenvalue weighted by molar-refractivity contribution is -0.277. The van der Waals surface area contributed by atoms with Crippen molar-refractivity contribution in [1.82, 2.24) is 53.2 Å². The second-order valence-corrected chi connectivity index (χ2v) is 33.8. The number of unbranched alkanes of at least 4 members (excludes halogenated alkanes) is 10. The van der Waals surface area contributed by atoms with Crippen LogP contribution in [-0.4, -0.2) is 340 Å². The Balaban J connectivity index is 1.67. The van der Waals surface area contributed by atoms with Gasteiger partial charge in [-0.2, -0.15) is 0 Å². The van der Waals surface area contributed by atoms with Gasteiger partial charge in [-0.3, -0.25) is 95.9 Å². The third kappa shape index (κ3) is 55.9. The van der Waals surface area contributed by atoms with Crippen LogP contribution in [0.25, 0.3) is 0 Å². The summed E-state index contributed by atoms with van der Waals surface area (Å²) in [6, 6.07) is -3.53. The van der Waals surface area contributed by atoms with E-state index in [-0.39, 0.29) is 168 Å². The van der Waals surface area contributed by atoms with Crippen molar-refractivity contribution in [2.45, 2.75) is 341 Å². The quantitative estimate of drug-likeness (QED) is 0.0224. The van der Waals surface area contributed by atoms with E-state index in [4.69, 9.17) is 90.4 Å². The number of carbonyl (C=O) groups is 20. The van der Waals surface area contributed by atoms with Crippen LogP contribution >= 0.6 is 0 Å². The molecule has 49 nitrogen and oxygen atoms in total. The molecule has 0 spiro atoms. The zero-order valence-electron chi connectivity index (χ0n) is 82.5. The maximum Gasteiger partial charge on any atom is 0.303 e. The predicted molar refractivity (Wildman–Crippen MR) is 484 cm³/mol. The van der Waals surface area contributed by atoms with E-state index < -0.39 is 218 Å². The van der Waals surface area contributed by atoms with E-state index in [2.05, 4.69) is 53.2 Å². The van der Waals surface area contributed by atoms with Crippen LogP contribution in [0.15, 0.2) is 0 Å². The summed E-state index contributed by atoms with van der Waals surface area (Å²) in [5, 5.41) is 36.6. The maximum atomic E-state index is 14.1. The second-order valence-electron chi connectivity index (χ2n) is 33.8. The van der Waals surface area contributed by atoms with Gasteiger partial charge in [-0.15, -0.1) is 0 Å². The van der Waals surface area contributed by atoms with E-state index in [0.29, 0.717) is 77.0 Å². The second kappa shape index (κ2) is 70.6. The molecule has 0 aromatic carbocycles. The summed E-state index contributed by atoms with van der Waals surface area (Å²) in [6.07, 6.45) is -6.54. The molecule has 0 aromatic rings. The molecule has 49 heteroatoms. The molecule has 3 aliphatic rings. The zero-order valence-corrected chi connectivity index (χ0v) is 82.5. The maximum absolute atomic E-state index is 14.1. The largest absolute Gasteiger partial charge is 0.481 e. The van der Waals surface area contributed by atoms with E-state index in [9.17, 15) is 95.9 Å². The molecular formula is C91H148N10O39. The van der Waals surface area contributed by atoms with Gasteiger partial charge in [-0.25, -0.2) is 0 Å². The number of carboxylic acid groups (broad SMARTS) is 1. The lowest BCUT2D eigenvalue weighted by atomic mass is 9.96. The normalized spacial score (nSPS) is 21.2. The Bertz CT molecular complexity index is 3570. The summed E-state index contributed by atoms with van der Waals surface area (Å²) in [5.41, 5.74) is -1.49. The molecule has 15 unspecified atom stereocenters. The fraction of sp³-hybridized carbons (Fsp3) is 0.780. The van der Waals surface area contributed by atoms with Crippen LogP contribution in [0.5, 0.6) is 0 Å². The van der Waals surface area contributed by atoms with E-state index in [1.165, 1.54) is 20.8 Å². The molecule has 0 bridgehead atoms. The highest BCUT2D eigenvalue weighted by Crippen LogP contribution is 2.32. The topological polar surface area (TPSA) is 648 Å². The van der Waals surface area contributed by atoms with Gasteiger partial charge in [0.05, 0.1) is 39.6 Å². The van der Waals surface area contributed by atoms with Gasteiger partial charge in [0, 0.05) is 194 Å². The Morgan fingerprint density at radius 2 is 0.486 bits per heavy atom. The molecule has 0 aliphatic carbocycles. The van der Waals surface area contributed by atoms with E-state index in [1.54, 1.807) is 0 Å². The summed E-state index contributed by atoms with van der Waals surface area (Å²) in [5.74, 6) is -11.8. The van der Waals surface area contributed by atoms with Crippen molar-refractivity contribution in [2.24, 2.45) is 0 Å². The van der Waals surface area contributed by atoms with Gasteiger partial charge in [0.15, 0.2) is 55.5 Å². The Morgan fingerprint density at radius 1 is 0.257 bits per heavy atom. The number of ether oxygens (including phenoxy) is 18. The van der Waals surface area contributed by atoms with Gasteiger partial charge in [-0.1, -0.05) is 38.5 Å². The number of amides is 10. The first-order chi connectivity index (χ1) is 66.6. The third-order valence-corrected chi connectivity index (χ3v) is 21.0. The summed E-state index contributed by atoms with van der Waals surface area (Å²) >= 11 is 0. The minimum Gasteiger partial charge on any atom is -0.481 e. The van der Waals surface area contributed by atoms with Gasteiger partial charge in [0.2, 0.25) is 59.1 Å². The zero-order chi connectivity index (χ0) is 104. The number of hydrogen-bond acceptors (Lipinski definition) is 38. The lowest BCUT2D eigenvalue weighted by Gasteiger charge is -2.44. The predicted octanol–water partition coefficient (Wildman–Crippen LogP) is 0.444. The average Bonchev–Trinajstić information content (AvgIpc) is 0.793. The lowest BCUT2D eigenvalue weighted by Crippen LogP contribution is -2.66. The molecule has 0 radical (unpaired) electrons. The van der Waals surface area contributed by atoms with Crippen molar-refractivity contribution in [3.05, 3.63) is 0 Å². The first kappa shape index (κ1) is 123. The number of carboxylic acids is 1. The smallest absolute Gasteiger partial charge is 0.303 e. The highest BCUT2D eigenvalue weighted by atomic mass is 16.7. The molecule has 3 rings (SSSR count). The third-order valence-electron chi connectivity index (χ3n) is 21.0. The highest BCUT2D eigenvalue weighted by molar-refractivity contribution is 5.80. The van der Waals surface area contributed by atoms with E-state index in [0.717, 1.165) is 94.4 Å². The fourth-order valence-corrected chi connectivity index (χ4v) is 14.7. The molecule has 3 heterocycles. The van der Waals surface area contributed by atoms with Gasteiger partial charge >= 0.3 is 59.7 Å². The minimum absolute atomic E-state index is 0.0172. The van der Waals surface area contributed by atoms with E-state index >= 15 is 0 Å². The number of nitrogens with one attached hydrogen (secondary N) is 10. The first-order valence-electron chi connectivity index (χ1n) is 47.5. The van der Waals surface area contributed by atoms with Gasteiger partial charge in [-0.05, 0) is 70.6 Å². The number of carbonyl (C=O) groups excluding carboxylic acids is 19. The standard InChI is InChI=1S/C91H148N10O39/c1-56(102)98-79-85(135-65(10)111)82(132-62(7)108)68(50-129-59(4)105)138-88(79)126-44-24-21-30-71(114)92-38-27-41-95-74(117)35-47-123-53-91(101-77(120)33-19-17-15-13-14-16-18-20-34-78(121)122,54-124-48-36-75(118)96-42-28-39-93-72(115)31-22-25-45-127-89-80(99-57(2)103)86(136-66(11)112)83(133-63(8)109)69(139-89)51-130-60(5)106)55-125-49-37-76(119)97-43-29-40-94-73(116)32-23-26-46-128-90-81(100-58(3)104)87(137-67(12)113)84(134-64(9)110)70(140-90)52-131-61(6)107/h68-70,79-90H,13-55H2,1-12H3,(H,92,114)(H,93,115)(H,94,116)(H,95,117)(H,96,118)(H,97,119)(H,98,102)(H,99,103)(H,100,104)(H,101,120)(H,121,122). The Morgan fingerprint density at radius 3 is 0.729 bits per heavy atom. The summed E-state index contributed by atoms with van der Waals surface area (Å²) in [6.45, 7) is 12.0. The van der Waals surface area contributed by atoms with Crippen molar-refractivity contribution >= 4 is 119 Å². The van der Waals surface area contributed by atoms with Crippen LogP contribution in [0.4, 0.5) is 0 Å². The van der Waals surface area contributed by atoms with Gasteiger partial charge < -0.3 is 144 Å². The number of aliphatic carboxylic acids is 1. The molecule has 10 amide bonds. The van der Waals surface area contributed by atoms with Gasteiger partial charge in [0.1, 0.15) is 61.8 Å². The molecular weight excluding hydrogens is 1860 g/mol. The molecule has 0 saturated carbocycles. The Labute approximate surface area is 814 Å². The summed E-state index contributed by atoms with van der Waals surface area (Å²) in [4.78, 5) is 249. The SMILES string of the molecule is CC(=O)NC1C(OCCCCC(=O)NCCCNC(=O)CCOCC(COCCC(=O)NCCCNC(=O)CCCCOC2OC(COC(C)=O)C(OC(C)=O)C(OC(C)=O)C2NC(C)=O)(COCCC(=O)NCCCNC(=O)CCCCOC2OC(COC(C)=O)C(OC(C)=O)C(OC(C)=O)C2NC(C)=O)NC(=O)CCCCCCCCCCC(=O)O)OC(COC(C)=O)C(OC(C)=O)C1OC(C)=O. The van der Waals surface area contributed by atoms with Crippen molar-refractivity contribution in [2.75, 3.05) is 119 Å². The summed E-state index contributed by atoms with van der Waals surface area (Å²) in [7, 11) is 0. The number of hydrogen-bond donors (Lipinski definition) is 11. The molecule has 3 saturated heterocycles. The van der Waals surface area contributed by atoms with Crippen LogP contribution < -0.4 is 53.2 Å². The first-order valence-corrected chi connectivity index (χ1v) is 47.5. The van der Waals surface area contributed by atoms with Crippen LogP contribution in [0.1, 0.15) is 244 Å². The van der Waals surface area contributed by atoms with Crippen molar-refractivity contribution in [3.63, 3.8) is 0 Å². The van der Waals surface area contributed by atoms with Crippen molar-refractivity contribution in [1.29, 1.82) is 0 Å². The molecule has 140 heavy (non-hydrogen) atoms. The van der Waals surface area contributed by atoms with Crippen molar-refractivity contribution < 1.29 is 186 Å². The number of esters is 9. The molecule has 3 aliphatic heterocycles. The molecule has 796 valence electrons. The molecule has 11 N–H and O–H groups in total. The van der Waals surface area contributed by atoms with Crippen LogP contribution in [0.3, 0.4) is 0 Å². The highest BCUT2D eigenvalue weighted by Gasteiger charge is 2.55. The fourth-order valence-electron chi connectivity index (χ4n) is 14.7. The van der Waals surface area contributed by atoms with Crippen LogP contribution in [0.2, 0.25) is 0 Å². The van der Waals surface area contributed by atoms with Crippen LogP contribution in [-0.2, 0) is 181 Å². The minimum atomic E-state index is -1.49. The molecule has 0 aromatic heterocycles. The Hall–Kier alpha value is -11.0. The van der Waals surface area contributed by atoms with Gasteiger partial charge in [0.25, 0.3) is 0 Å². The van der Waals surface area contributed by atoms with E-state index in [1.807, 2.05) is 0 Å². The monoisotopic (exact) mass is 2000 g/mol. The average molecular weight is 2010 g/mol. The Kier molecular flexibility index (Phi) is 62.2.